The van der Waals surface area contributed by atoms with Gasteiger partial charge in [-0.05, 0) is 52.5 Å². The lowest BCUT2D eigenvalue weighted by Crippen LogP contribution is -2.48. The fourth-order valence-electron chi connectivity index (χ4n) is 3.13. The van der Waals surface area contributed by atoms with Crippen LogP contribution in [0.4, 0.5) is 0 Å². The van der Waals surface area contributed by atoms with Crippen LogP contribution in [0.2, 0.25) is 0 Å². The summed E-state index contributed by atoms with van der Waals surface area (Å²) in [7, 11) is 0. The smallest absolute Gasteiger partial charge is 0.0644 e. The van der Waals surface area contributed by atoms with E-state index in [1.54, 1.807) is 0 Å². The van der Waals surface area contributed by atoms with Gasteiger partial charge in [-0.2, -0.15) is 0 Å². The molecule has 0 bridgehead atoms. The molecule has 0 aliphatic carbocycles. The molecule has 17 heavy (non-hydrogen) atoms. The van der Waals surface area contributed by atoms with E-state index in [4.69, 9.17) is 0 Å². The number of aliphatic hydroxyl groups is 1. The first-order chi connectivity index (χ1) is 8.07. The topological polar surface area (TPSA) is 35.5 Å². The molecular formula is C14H28N2O. The highest BCUT2D eigenvalue weighted by atomic mass is 16.3. The molecule has 2 N–H and O–H groups in total. The Morgan fingerprint density at radius 2 is 2.06 bits per heavy atom. The van der Waals surface area contributed by atoms with Crippen molar-refractivity contribution in [3.63, 3.8) is 0 Å². The fraction of sp³-hybridized carbons (Fsp3) is 1.00. The van der Waals surface area contributed by atoms with Gasteiger partial charge >= 0.3 is 0 Å². The van der Waals surface area contributed by atoms with Crippen molar-refractivity contribution < 1.29 is 5.11 Å². The summed E-state index contributed by atoms with van der Waals surface area (Å²) < 4.78 is 0. The second-order valence-electron chi connectivity index (χ2n) is 6.26. The average Bonchev–Trinajstić information content (AvgIpc) is 2.30. The molecule has 2 saturated heterocycles. The molecule has 2 aliphatic rings. The van der Waals surface area contributed by atoms with E-state index in [9.17, 15) is 5.11 Å². The minimum atomic E-state index is -0.417. The Balaban J connectivity index is 1.74. The van der Waals surface area contributed by atoms with E-state index in [1.165, 1.54) is 32.2 Å². The van der Waals surface area contributed by atoms with Crippen molar-refractivity contribution in [1.29, 1.82) is 0 Å². The Kier molecular flexibility index (Phi) is 4.45. The maximum atomic E-state index is 9.96. The van der Waals surface area contributed by atoms with Gasteiger partial charge in [0.1, 0.15) is 0 Å². The number of hydrogen-bond acceptors (Lipinski definition) is 3. The first-order valence-corrected chi connectivity index (χ1v) is 7.27. The van der Waals surface area contributed by atoms with Crippen molar-refractivity contribution in [1.82, 2.24) is 10.2 Å². The highest BCUT2D eigenvalue weighted by molar-refractivity contribution is 4.86. The van der Waals surface area contributed by atoms with E-state index in [2.05, 4.69) is 17.1 Å². The molecule has 0 radical (unpaired) electrons. The maximum absolute atomic E-state index is 9.96. The van der Waals surface area contributed by atoms with Gasteiger partial charge in [-0.1, -0.05) is 6.42 Å². The first kappa shape index (κ1) is 13.3. The first-order valence-electron chi connectivity index (χ1n) is 7.27. The van der Waals surface area contributed by atoms with Crippen molar-refractivity contribution in [2.75, 3.05) is 19.6 Å². The molecular weight excluding hydrogens is 212 g/mol. The summed E-state index contributed by atoms with van der Waals surface area (Å²) in [6.07, 6.45) is 7.19. The molecule has 2 unspecified atom stereocenters. The Labute approximate surface area is 106 Å². The normalized spacial score (nSPS) is 32.3. The third-order valence-electron chi connectivity index (χ3n) is 4.54. The molecule has 2 atom stereocenters. The zero-order valence-corrected chi connectivity index (χ0v) is 11.4. The van der Waals surface area contributed by atoms with Crippen molar-refractivity contribution in [2.24, 2.45) is 0 Å². The summed E-state index contributed by atoms with van der Waals surface area (Å²) in [4.78, 5) is 2.55. The summed E-state index contributed by atoms with van der Waals surface area (Å²) >= 11 is 0. The Morgan fingerprint density at radius 3 is 2.65 bits per heavy atom. The summed E-state index contributed by atoms with van der Waals surface area (Å²) in [5.74, 6) is 0. The highest BCUT2D eigenvalue weighted by Crippen LogP contribution is 2.24. The molecule has 0 spiro atoms. The number of piperidine rings is 2. The second-order valence-corrected chi connectivity index (χ2v) is 6.26. The van der Waals surface area contributed by atoms with Gasteiger partial charge in [-0.25, -0.2) is 0 Å². The summed E-state index contributed by atoms with van der Waals surface area (Å²) in [6.45, 7) is 7.63. The summed E-state index contributed by atoms with van der Waals surface area (Å²) in [5.41, 5.74) is -0.417. The lowest BCUT2D eigenvalue weighted by atomic mass is 9.91. The van der Waals surface area contributed by atoms with Crippen molar-refractivity contribution in [3.05, 3.63) is 0 Å². The number of nitrogens with zero attached hydrogens (tertiary/aromatic N) is 1. The standard InChI is InChI=1S/C14H28N2O/c1-12(11-13-5-3-4-8-15-13)16-9-6-14(2,17)7-10-16/h12-13,15,17H,3-11H2,1-2H3. The molecule has 2 heterocycles. The minimum Gasteiger partial charge on any atom is -0.390 e. The van der Waals surface area contributed by atoms with Crippen LogP contribution in [-0.4, -0.2) is 47.3 Å². The zero-order chi connectivity index (χ0) is 12.3. The molecule has 3 nitrogen and oxygen atoms in total. The van der Waals surface area contributed by atoms with Crippen molar-refractivity contribution in [3.8, 4) is 0 Å². The van der Waals surface area contributed by atoms with Gasteiger partial charge in [-0.3, -0.25) is 0 Å². The molecule has 0 saturated carbocycles. The van der Waals surface area contributed by atoms with E-state index in [0.29, 0.717) is 6.04 Å². The van der Waals surface area contributed by atoms with Crippen LogP contribution in [0.25, 0.3) is 0 Å². The van der Waals surface area contributed by atoms with E-state index in [1.807, 2.05) is 6.92 Å². The fourth-order valence-corrected chi connectivity index (χ4v) is 3.13. The third kappa shape index (κ3) is 3.94. The van der Waals surface area contributed by atoms with Crippen LogP contribution in [0.5, 0.6) is 0 Å². The van der Waals surface area contributed by atoms with Crippen molar-refractivity contribution >= 4 is 0 Å². The predicted octanol–water partition coefficient (Wildman–Crippen LogP) is 1.75. The average molecular weight is 240 g/mol. The number of hydrogen-bond donors (Lipinski definition) is 2. The van der Waals surface area contributed by atoms with Crippen LogP contribution in [0, 0.1) is 0 Å². The lowest BCUT2D eigenvalue weighted by molar-refractivity contribution is -0.0165. The maximum Gasteiger partial charge on any atom is 0.0644 e. The van der Waals surface area contributed by atoms with Crippen LogP contribution >= 0.6 is 0 Å². The van der Waals surface area contributed by atoms with Crippen LogP contribution in [0.15, 0.2) is 0 Å². The molecule has 2 aliphatic heterocycles. The van der Waals surface area contributed by atoms with Crippen LogP contribution in [0.3, 0.4) is 0 Å². The highest BCUT2D eigenvalue weighted by Gasteiger charge is 2.30. The Morgan fingerprint density at radius 1 is 1.35 bits per heavy atom. The van der Waals surface area contributed by atoms with Crippen LogP contribution in [-0.2, 0) is 0 Å². The van der Waals surface area contributed by atoms with Gasteiger partial charge in [0.05, 0.1) is 5.60 Å². The second kappa shape index (κ2) is 5.68. The predicted molar refractivity (Wildman–Crippen MR) is 71.2 cm³/mol. The summed E-state index contributed by atoms with van der Waals surface area (Å²) in [5, 5.41) is 13.6. The monoisotopic (exact) mass is 240 g/mol. The lowest BCUT2D eigenvalue weighted by Gasteiger charge is -2.40. The van der Waals surface area contributed by atoms with Gasteiger partial charge in [0.25, 0.3) is 0 Å². The molecule has 0 amide bonds. The number of likely N-dealkylation sites (tertiary alicyclic amines) is 1. The molecule has 0 aromatic heterocycles. The minimum absolute atomic E-state index is 0.417. The SMILES string of the molecule is CC(CC1CCCCN1)N1CCC(C)(O)CC1. The van der Waals surface area contributed by atoms with E-state index in [0.717, 1.165) is 32.0 Å². The van der Waals surface area contributed by atoms with E-state index in [-0.39, 0.29) is 0 Å². The van der Waals surface area contributed by atoms with Gasteiger partial charge in [-0.15, -0.1) is 0 Å². The van der Waals surface area contributed by atoms with Crippen molar-refractivity contribution in [2.45, 2.75) is 70.1 Å². The molecule has 100 valence electrons. The number of nitrogens with one attached hydrogen (secondary N) is 1. The largest absolute Gasteiger partial charge is 0.390 e. The Bertz CT molecular complexity index is 226. The molecule has 2 fully saturated rings. The van der Waals surface area contributed by atoms with Gasteiger partial charge in [0, 0.05) is 25.2 Å². The van der Waals surface area contributed by atoms with Crippen LogP contribution < -0.4 is 5.32 Å². The van der Waals surface area contributed by atoms with E-state index < -0.39 is 5.60 Å². The third-order valence-corrected chi connectivity index (χ3v) is 4.54. The molecule has 3 heteroatoms. The molecule has 0 aromatic carbocycles. The Hall–Kier alpha value is -0.120. The molecule has 2 rings (SSSR count). The van der Waals surface area contributed by atoms with Gasteiger partial charge in [0.2, 0.25) is 0 Å². The van der Waals surface area contributed by atoms with Gasteiger partial charge in [0.15, 0.2) is 0 Å². The van der Waals surface area contributed by atoms with Crippen LogP contribution in [0.1, 0.15) is 52.4 Å². The quantitative estimate of drug-likeness (QED) is 0.789. The van der Waals surface area contributed by atoms with E-state index >= 15 is 0 Å². The van der Waals surface area contributed by atoms with Gasteiger partial charge < -0.3 is 15.3 Å². The zero-order valence-electron chi connectivity index (χ0n) is 11.4. The number of rotatable bonds is 3. The molecule has 0 aromatic rings. The summed E-state index contributed by atoms with van der Waals surface area (Å²) in [6, 6.07) is 1.38.